The fourth-order valence-corrected chi connectivity index (χ4v) is 1.92. The topological polar surface area (TPSA) is 34.1 Å². The Bertz CT molecular complexity index is 409. The summed E-state index contributed by atoms with van der Waals surface area (Å²) in [6, 6.07) is 0. The molecule has 0 bridgehead atoms. The molecule has 0 spiro atoms. The lowest BCUT2D eigenvalue weighted by Gasteiger charge is -2.10. The Morgan fingerprint density at radius 1 is 1.24 bits per heavy atom. The highest BCUT2D eigenvalue weighted by molar-refractivity contribution is 6.01. The van der Waals surface area contributed by atoms with Gasteiger partial charge in [0.2, 0.25) is 0 Å². The van der Waals surface area contributed by atoms with Crippen LogP contribution in [-0.2, 0) is 9.59 Å². The quantitative estimate of drug-likeness (QED) is 0.393. The lowest BCUT2D eigenvalue weighted by atomic mass is 9.94. The SMILES string of the molecule is CC1=CC/C(=C(/C)C=O)C(=O)CC(C)=CCC1. The maximum absolute atomic E-state index is 12.1. The van der Waals surface area contributed by atoms with E-state index in [0.717, 1.165) is 24.7 Å². The van der Waals surface area contributed by atoms with Gasteiger partial charge in [0.15, 0.2) is 5.78 Å². The second kappa shape index (κ2) is 6.33. The minimum Gasteiger partial charge on any atom is -0.298 e. The van der Waals surface area contributed by atoms with Crippen LogP contribution in [0.1, 0.15) is 46.5 Å². The Morgan fingerprint density at radius 2 is 1.94 bits per heavy atom. The number of hydrogen-bond donors (Lipinski definition) is 0. The molecule has 0 heterocycles. The summed E-state index contributed by atoms with van der Waals surface area (Å²) in [5.74, 6) is 0.0781. The van der Waals surface area contributed by atoms with E-state index < -0.39 is 0 Å². The third kappa shape index (κ3) is 4.14. The van der Waals surface area contributed by atoms with E-state index in [2.05, 4.69) is 19.1 Å². The van der Waals surface area contributed by atoms with Crippen LogP contribution in [0.15, 0.2) is 34.4 Å². The van der Waals surface area contributed by atoms with Crippen molar-refractivity contribution in [3.63, 3.8) is 0 Å². The van der Waals surface area contributed by atoms with Gasteiger partial charge in [-0.2, -0.15) is 0 Å². The van der Waals surface area contributed by atoms with Gasteiger partial charge in [0.1, 0.15) is 6.29 Å². The zero-order valence-corrected chi connectivity index (χ0v) is 10.9. The van der Waals surface area contributed by atoms with Crippen LogP contribution in [0.25, 0.3) is 0 Å². The molecule has 0 aromatic carbocycles. The van der Waals surface area contributed by atoms with Crippen molar-refractivity contribution in [2.24, 2.45) is 0 Å². The van der Waals surface area contributed by atoms with Gasteiger partial charge in [-0.25, -0.2) is 0 Å². The summed E-state index contributed by atoms with van der Waals surface area (Å²) in [4.78, 5) is 22.9. The number of rotatable bonds is 1. The first-order valence-corrected chi connectivity index (χ1v) is 6.04. The molecule has 92 valence electrons. The van der Waals surface area contributed by atoms with Crippen LogP contribution in [0.2, 0.25) is 0 Å². The van der Waals surface area contributed by atoms with Crippen molar-refractivity contribution in [2.75, 3.05) is 0 Å². The molecule has 0 fully saturated rings. The van der Waals surface area contributed by atoms with Gasteiger partial charge in [-0.1, -0.05) is 23.3 Å². The number of aldehydes is 1. The highest BCUT2D eigenvalue weighted by Crippen LogP contribution is 2.19. The molecule has 0 amide bonds. The number of allylic oxidation sites excluding steroid dienone is 6. The van der Waals surface area contributed by atoms with Crippen molar-refractivity contribution in [3.8, 4) is 0 Å². The van der Waals surface area contributed by atoms with E-state index in [4.69, 9.17) is 0 Å². The molecular formula is C15H20O2. The Hall–Kier alpha value is -1.44. The molecule has 0 aromatic rings. The van der Waals surface area contributed by atoms with E-state index in [1.165, 1.54) is 5.57 Å². The van der Waals surface area contributed by atoms with Crippen molar-refractivity contribution in [1.82, 2.24) is 0 Å². The zero-order chi connectivity index (χ0) is 12.8. The van der Waals surface area contributed by atoms with E-state index >= 15 is 0 Å². The Balaban J connectivity index is 3.07. The van der Waals surface area contributed by atoms with Crippen LogP contribution in [0.4, 0.5) is 0 Å². The standard InChI is InChI=1S/C15H20O2/c1-11-5-4-6-12(2)9-15(17)14(8-7-11)13(3)10-16/h6-7,10H,4-5,8-9H2,1-3H3/b11-7?,12-6?,14-13+. The highest BCUT2D eigenvalue weighted by atomic mass is 16.1. The minimum atomic E-state index is 0.0781. The summed E-state index contributed by atoms with van der Waals surface area (Å²) < 4.78 is 0. The van der Waals surface area contributed by atoms with Gasteiger partial charge in [0, 0.05) is 12.0 Å². The Labute approximate surface area is 103 Å². The first-order valence-electron chi connectivity index (χ1n) is 6.04. The van der Waals surface area contributed by atoms with Crippen molar-refractivity contribution < 1.29 is 9.59 Å². The number of Topliss-reactive ketones (excluding diaryl/α,β-unsaturated/α-hetero) is 1. The van der Waals surface area contributed by atoms with Crippen LogP contribution in [0.5, 0.6) is 0 Å². The van der Waals surface area contributed by atoms with E-state index in [1.54, 1.807) is 6.92 Å². The summed E-state index contributed by atoms with van der Waals surface area (Å²) >= 11 is 0. The van der Waals surface area contributed by atoms with Gasteiger partial charge in [-0.15, -0.1) is 0 Å². The fourth-order valence-electron chi connectivity index (χ4n) is 1.92. The van der Waals surface area contributed by atoms with Crippen molar-refractivity contribution in [1.29, 1.82) is 0 Å². The summed E-state index contributed by atoms with van der Waals surface area (Å²) in [6.07, 6.45) is 8.01. The van der Waals surface area contributed by atoms with Crippen molar-refractivity contribution >= 4 is 12.1 Å². The predicted octanol–water partition coefficient (Wildman–Crippen LogP) is 3.54. The van der Waals surface area contributed by atoms with Crippen molar-refractivity contribution in [3.05, 3.63) is 34.4 Å². The molecule has 0 saturated carbocycles. The van der Waals surface area contributed by atoms with Gasteiger partial charge in [-0.05, 0) is 45.6 Å². The lowest BCUT2D eigenvalue weighted by Crippen LogP contribution is -2.07. The van der Waals surface area contributed by atoms with Crippen LogP contribution in [0.3, 0.4) is 0 Å². The van der Waals surface area contributed by atoms with Crippen LogP contribution >= 0.6 is 0 Å². The molecular weight excluding hydrogens is 212 g/mol. The van der Waals surface area contributed by atoms with Crippen molar-refractivity contribution in [2.45, 2.75) is 46.5 Å². The van der Waals surface area contributed by atoms with E-state index in [0.29, 0.717) is 24.0 Å². The number of carbonyl (C=O) groups is 2. The van der Waals surface area contributed by atoms with Gasteiger partial charge >= 0.3 is 0 Å². The molecule has 2 nitrogen and oxygen atoms in total. The van der Waals surface area contributed by atoms with E-state index in [9.17, 15) is 9.59 Å². The molecule has 0 aromatic heterocycles. The third-order valence-electron chi connectivity index (χ3n) is 3.11. The van der Waals surface area contributed by atoms with Gasteiger partial charge < -0.3 is 0 Å². The maximum atomic E-state index is 12.1. The summed E-state index contributed by atoms with van der Waals surface area (Å²) in [5, 5.41) is 0. The molecule has 1 aliphatic rings. The first-order chi connectivity index (χ1) is 8.04. The monoisotopic (exact) mass is 232 g/mol. The number of carbonyl (C=O) groups excluding carboxylic acids is 2. The molecule has 1 aliphatic carbocycles. The minimum absolute atomic E-state index is 0.0781. The summed E-state index contributed by atoms with van der Waals surface area (Å²) in [6.45, 7) is 5.77. The molecule has 0 saturated heterocycles. The van der Waals surface area contributed by atoms with E-state index in [-0.39, 0.29) is 5.78 Å². The van der Waals surface area contributed by atoms with Gasteiger partial charge in [0.05, 0.1) is 0 Å². The third-order valence-corrected chi connectivity index (χ3v) is 3.11. The molecule has 0 aliphatic heterocycles. The summed E-state index contributed by atoms with van der Waals surface area (Å²) in [5.41, 5.74) is 3.60. The number of ketones is 1. The Kier molecular flexibility index (Phi) is 5.08. The van der Waals surface area contributed by atoms with Crippen LogP contribution in [0, 0.1) is 0 Å². The molecule has 2 heteroatoms. The highest BCUT2D eigenvalue weighted by Gasteiger charge is 2.13. The van der Waals surface area contributed by atoms with E-state index in [1.807, 2.05) is 6.92 Å². The normalized spacial score (nSPS) is 21.5. The smallest absolute Gasteiger partial charge is 0.163 e. The molecule has 17 heavy (non-hydrogen) atoms. The average molecular weight is 232 g/mol. The van der Waals surface area contributed by atoms with Crippen LogP contribution < -0.4 is 0 Å². The lowest BCUT2D eigenvalue weighted by molar-refractivity contribution is -0.115. The second-order valence-corrected chi connectivity index (χ2v) is 4.72. The van der Waals surface area contributed by atoms with Gasteiger partial charge in [0.25, 0.3) is 0 Å². The van der Waals surface area contributed by atoms with Crippen LogP contribution in [-0.4, -0.2) is 12.1 Å². The van der Waals surface area contributed by atoms with Gasteiger partial charge in [-0.3, -0.25) is 9.59 Å². The second-order valence-electron chi connectivity index (χ2n) is 4.72. The number of hydrogen-bond acceptors (Lipinski definition) is 2. The molecule has 0 radical (unpaired) electrons. The largest absolute Gasteiger partial charge is 0.298 e. The zero-order valence-electron chi connectivity index (χ0n) is 10.9. The predicted molar refractivity (Wildman–Crippen MR) is 69.8 cm³/mol. The molecule has 0 atom stereocenters. The Morgan fingerprint density at radius 3 is 2.59 bits per heavy atom. The molecule has 1 rings (SSSR count). The molecule has 0 N–H and O–H groups in total. The average Bonchev–Trinajstić information content (AvgIpc) is 2.28. The summed E-state index contributed by atoms with van der Waals surface area (Å²) in [7, 11) is 0. The first kappa shape index (κ1) is 13.6. The fraction of sp³-hybridized carbons (Fsp3) is 0.467. The molecule has 0 unspecified atom stereocenters. The maximum Gasteiger partial charge on any atom is 0.163 e.